The highest BCUT2D eigenvalue weighted by atomic mass is 19.4. The van der Waals surface area contributed by atoms with Gasteiger partial charge in [-0.05, 0) is 37.6 Å². The Kier molecular flexibility index (Phi) is 4.76. The zero-order valence-corrected chi connectivity index (χ0v) is 13.5. The molecule has 0 unspecified atom stereocenters. The second-order valence-electron chi connectivity index (χ2n) is 5.36. The van der Waals surface area contributed by atoms with E-state index in [0.717, 1.165) is 6.07 Å². The fourth-order valence-electron chi connectivity index (χ4n) is 2.52. The average molecular weight is 372 g/mol. The number of halogens is 5. The van der Waals surface area contributed by atoms with E-state index in [1.165, 1.54) is 18.2 Å². The SMILES string of the molecule is C/C=C/CCOc1ccc2c(oc3c(F)c(OC(F)(F)F)ccc32)c1F. The molecule has 0 spiro atoms. The summed E-state index contributed by atoms with van der Waals surface area (Å²) >= 11 is 0. The Bertz CT molecular complexity index is 973. The van der Waals surface area contributed by atoms with E-state index in [1.54, 1.807) is 0 Å². The number of fused-ring (bicyclic) bond motifs is 3. The van der Waals surface area contributed by atoms with Crippen molar-refractivity contribution in [3.63, 3.8) is 0 Å². The minimum Gasteiger partial charge on any atom is -0.490 e. The van der Waals surface area contributed by atoms with Crippen LogP contribution in [0.3, 0.4) is 0 Å². The van der Waals surface area contributed by atoms with Gasteiger partial charge < -0.3 is 13.9 Å². The van der Waals surface area contributed by atoms with Crippen molar-refractivity contribution in [2.24, 2.45) is 0 Å². The lowest BCUT2D eigenvalue weighted by Gasteiger charge is -2.09. The van der Waals surface area contributed by atoms with Gasteiger partial charge in [-0.15, -0.1) is 13.2 Å². The molecule has 1 heterocycles. The van der Waals surface area contributed by atoms with Gasteiger partial charge in [0.2, 0.25) is 11.6 Å². The first-order valence-corrected chi connectivity index (χ1v) is 7.64. The molecule has 138 valence electrons. The van der Waals surface area contributed by atoms with E-state index in [-0.39, 0.29) is 28.7 Å². The summed E-state index contributed by atoms with van der Waals surface area (Å²) in [7, 11) is 0. The maximum atomic E-state index is 14.5. The molecular formula is C18H13F5O3. The van der Waals surface area contributed by atoms with Crippen LogP contribution < -0.4 is 9.47 Å². The third-order valence-corrected chi connectivity index (χ3v) is 3.62. The third kappa shape index (κ3) is 3.44. The summed E-state index contributed by atoms with van der Waals surface area (Å²) in [6, 6.07) is 4.82. The predicted molar refractivity (Wildman–Crippen MR) is 85.2 cm³/mol. The Hall–Kier alpha value is -2.77. The van der Waals surface area contributed by atoms with E-state index in [1.807, 2.05) is 19.1 Å². The normalized spacial score (nSPS) is 12.4. The smallest absolute Gasteiger partial charge is 0.490 e. The summed E-state index contributed by atoms with van der Waals surface area (Å²) in [6.45, 7) is 2.07. The standard InChI is InChI=1S/C18H13F5O3/c1-2-3-4-9-24-12-7-5-10-11-6-8-13(26-18(21,22)23)15(20)17(11)25-16(10)14(12)19/h2-3,5-8H,4,9H2,1H3/b3-2+. The number of alkyl halides is 3. The molecule has 0 aliphatic rings. The van der Waals surface area contributed by atoms with Crippen LogP contribution in [0.5, 0.6) is 11.5 Å². The molecule has 8 heteroatoms. The van der Waals surface area contributed by atoms with Gasteiger partial charge >= 0.3 is 6.36 Å². The molecular weight excluding hydrogens is 359 g/mol. The first-order chi connectivity index (χ1) is 12.3. The van der Waals surface area contributed by atoms with Gasteiger partial charge in [-0.1, -0.05) is 12.2 Å². The van der Waals surface area contributed by atoms with Crippen molar-refractivity contribution in [3.8, 4) is 11.5 Å². The number of rotatable bonds is 5. The number of benzene rings is 2. The van der Waals surface area contributed by atoms with Gasteiger partial charge in [-0.25, -0.2) is 0 Å². The van der Waals surface area contributed by atoms with Gasteiger partial charge in [-0.3, -0.25) is 0 Å². The van der Waals surface area contributed by atoms with E-state index in [0.29, 0.717) is 6.42 Å². The first-order valence-electron chi connectivity index (χ1n) is 7.64. The van der Waals surface area contributed by atoms with E-state index in [4.69, 9.17) is 9.15 Å². The fraction of sp³-hybridized carbons (Fsp3) is 0.222. The zero-order valence-electron chi connectivity index (χ0n) is 13.5. The lowest BCUT2D eigenvalue weighted by molar-refractivity contribution is -0.275. The largest absolute Gasteiger partial charge is 0.573 e. The summed E-state index contributed by atoms with van der Waals surface area (Å²) in [5, 5.41) is 0.349. The molecule has 26 heavy (non-hydrogen) atoms. The van der Waals surface area contributed by atoms with Gasteiger partial charge in [0.05, 0.1) is 6.61 Å². The number of furan rings is 1. The molecule has 0 radical (unpaired) electrons. The van der Waals surface area contributed by atoms with Crippen LogP contribution >= 0.6 is 0 Å². The van der Waals surface area contributed by atoms with Crippen molar-refractivity contribution in [3.05, 3.63) is 48.1 Å². The van der Waals surface area contributed by atoms with Crippen molar-refractivity contribution < 1.29 is 35.8 Å². The lowest BCUT2D eigenvalue weighted by atomic mass is 10.1. The molecule has 0 bridgehead atoms. The molecule has 0 saturated carbocycles. The molecule has 3 rings (SSSR count). The number of hydrogen-bond donors (Lipinski definition) is 0. The van der Waals surface area contributed by atoms with Gasteiger partial charge in [-0.2, -0.15) is 8.78 Å². The van der Waals surface area contributed by atoms with Crippen molar-refractivity contribution in [2.75, 3.05) is 6.61 Å². The number of allylic oxidation sites excluding steroid dienone is 1. The van der Waals surface area contributed by atoms with E-state index in [9.17, 15) is 22.0 Å². The van der Waals surface area contributed by atoms with E-state index >= 15 is 0 Å². The Labute approximate surface area is 144 Å². The molecule has 0 amide bonds. The second-order valence-corrected chi connectivity index (χ2v) is 5.36. The van der Waals surface area contributed by atoms with Crippen LogP contribution in [0.25, 0.3) is 21.9 Å². The molecule has 0 fully saturated rings. The number of ether oxygens (including phenoxy) is 2. The van der Waals surface area contributed by atoms with E-state index in [2.05, 4.69) is 4.74 Å². The first kappa shape index (κ1) is 18.0. The molecule has 0 saturated heterocycles. The van der Waals surface area contributed by atoms with Gasteiger partial charge in [0, 0.05) is 10.8 Å². The third-order valence-electron chi connectivity index (χ3n) is 3.62. The minimum absolute atomic E-state index is 0.0896. The highest BCUT2D eigenvalue weighted by Crippen LogP contribution is 2.38. The monoisotopic (exact) mass is 372 g/mol. The van der Waals surface area contributed by atoms with Crippen LogP contribution in [0.1, 0.15) is 13.3 Å². The van der Waals surface area contributed by atoms with Crippen LogP contribution in [0, 0.1) is 11.6 Å². The average Bonchev–Trinajstić information content (AvgIpc) is 2.95. The Morgan fingerprint density at radius 1 is 0.962 bits per heavy atom. The zero-order chi connectivity index (χ0) is 18.9. The maximum Gasteiger partial charge on any atom is 0.573 e. The van der Waals surface area contributed by atoms with Gasteiger partial charge in [0.15, 0.2) is 22.7 Å². The van der Waals surface area contributed by atoms with Crippen LogP contribution in [-0.4, -0.2) is 13.0 Å². The fourth-order valence-corrected chi connectivity index (χ4v) is 2.52. The predicted octanol–water partition coefficient (Wildman–Crippen LogP) is 6.11. The summed E-state index contributed by atoms with van der Waals surface area (Å²) in [6.07, 6.45) is -0.818. The Balaban J connectivity index is 2.03. The van der Waals surface area contributed by atoms with Crippen LogP contribution in [-0.2, 0) is 0 Å². The second kappa shape index (κ2) is 6.86. The van der Waals surface area contributed by atoms with Crippen molar-refractivity contribution in [2.45, 2.75) is 19.7 Å². The van der Waals surface area contributed by atoms with Crippen LogP contribution in [0.2, 0.25) is 0 Å². The number of hydrogen-bond acceptors (Lipinski definition) is 3. The molecule has 1 aromatic heterocycles. The highest BCUT2D eigenvalue weighted by molar-refractivity contribution is 6.06. The minimum atomic E-state index is -5.06. The van der Waals surface area contributed by atoms with Gasteiger partial charge in [0.1, 0.15) is 0 Å². The molecule has 3 aromatic rings. The van der Waals surface area contributed by atoms with Gasteiger partial charge in [0.25, 0.3) is 0 Å². The van der Waals surface area contributed by atoms with Crippen molar-refractivity contribution >= 4 is 21.9 Å². The van der Waals surface area contributed by atoms with Crippen molar-refractivity contribution in [1.82, 2.24) is 0 Å². The van der Waals surface area contributed by atoms with Crippen LogP contribution in [0.15, 0.2) is 40.8 Å². The molecule has 3 nitrogen and oxygen atoms in total. The molecule has 2 aromatic carbocycles. The Morgan fingerprint density at radius 3 is 2.12 bits per heavy atom. The van der Waals surface area contributed by atoms with Crippen LogP contribution in [0.4, 0.5) is 22.0 Å². The van der Waals surface area contributed by atoms with E-state index < -0.39 is 29.3 Å². The summed E-state index contributed by atoms with van der Waals surface area (Å²) in [4.78, 5) is 0. The Morgan fingerprint density at radius 2 is 1.54 bits per heavy atom. The quantitative estimate of drug-likeness (QED) is 0.308. The molecule has 0 N–H and O–H groups in total. The summed E-state index contributed by atoms with van der Waals surface area (Å²) in [5.74, 6) is -3.34. The summed E-state index contributed by atoms with van der Waals surface area (Å²) in [5.41, 5.74) is -0.821. The maximum absolute atomic E-state index is 14.5. The molecule has 0 aliphatic carbocycles. The van der Waals surface area contributed by atoms with Crippen molar-refractivity contribution in [1.29, 1.82) is 0 Å². The molecule has 0 aliphatic heterocycles. The topological polar surface area (TPSA) is 31.6 Å². The lowest BCUT2D eigenvalue weighted by Crippen LogP contribution is -2.17. The molecule has 0 atom stereocenters. The summed E-state index contributed by atoms with van der Waals surface area (Å²) < 4.78 is 79.8. The highest BCUT2D eigenvalue weighted by Gasteiger charge is 2.33.